The summed E-state index contributed by atoms with van der Waals surface area (Å²) in [5.74, 6) is 0. The highest BCUT2D eigenvalue weighted by Crippen LogP contribution is 2.33. The molecule has 0 aliphatic carbocycles. The Labute approximate surface area is 113 Å². The molecule has 0 unspecified atom stereocenters. The van der Waals surface area contributed by atoms with E-state index >= 15 is 0 Å². The molecule has 0 radical (unpaired) electrons. The highest BCUT2D eigenvalue weighted by molar-refractivity contribution is 7.13. The van der Waals surface area contributed by atoms with Crippen molar-refractivity contribution in [2.24, 2.45) is 0 Å². The molecule has 0 saturated carbocycles. The average Bonchev–Trinajstić information content (AvgIpc) is 2.97. The van der Waals surface area contributed by atoms with Crippen LogP contribution >= 0.6 is 22.7 Å². The molecule has 0 fully saturated rings. The van der Waals surface area contributed by atoms with Gasteiger partial charge in [0.15, 0.2) is 0 Å². The van der Waals surface area contributed by atoms with Crippen molar-refractivity contribution in [2.75, 3.05) is 0 Å². The van der Waals surface area contributed by atoms with Crippen LogP contribution in [0.3, 0.4) is 0 Å². The van der Waals surface area contributed by atoms with Crippen molar-refractivity contribution >= 4 is 22.7 Å². The zero-order chi connectivity index (χ0) is 12.5. The normalized spacial score (nSPS) is 10.8. The molecule has 0 aromatic carbocycles. The molecular formula is C13H11N3S2. The summed E-state index contributed by atoms with van der Waals surface area (Å²) >= 11 is 3.41. The fraction of sp³-hybridized carbons (Fsp3) is 0.154. The molecule has 18 heavy (non-hydrogen) atoms. The van der Waals surface area contributed by atoms with Crippen LogP contribution in [0.4, 0.5) is 0 Å². The third kappa shape index (κ3) is 2.07. The maximum atomic E-state index is 4.65. The van der Waals surface area contributed by atoms with Gasteiger partial charge in [0.1, 0.15) is 10.7 Å². The molecular weight excluding hydrogens is 262 g/mol. The molecule has 0 spiro atoms. The maximum Gasteiger partial charge on any atom is 0.144 e. The number of hydrogen-bond acceptors (Lipinski definition) is 5. The minimum Gasteiger partial charge on any atom is -0.261 e. The Morgan fingerprint density at radius 3 is 2.67 bits per heavy atom. The molecule has 0 N–H and O–H groups in total. The minimum atomic E-state index is 0.832. The molecule has 0 saturated heterocycles. The molecule has 0 aliphatic heterocycles. The third-order valence-electron chi connectivity index (χ3n) is 2.60. The van der Waals surface area contributed by atoms with Crippen LogP contribution in [0.15, 0.2) is 30.0 Å². The van der Waals surface area contributed by atoms with Gasteiger partial charge in [-0.2, -0.15) is 0 Å². The summed E-state index contributed by atoms with van der Waals surface area (Å²) in [5.41, 5.74) is 3.09. The standard InChI is InChI=1S/C13H11N3S2/c1-8-5-10(9(2)18-8)12-7-17-13(16-12)11-6-14-3-4-15-11/h3-7H,1-2H3. The van der Waals surface area contributed by atoms with Crippen LogP contribution in [-0.2, 0) is 0 Å². The van der Waals surface area contributed by atoms with E-state index in [9.17, 15) is 0 Å². The van der Waals surface area contributed by atoms with Gasteiger partial charge in [-0.05, 0) is 19.9 Å². The van der Waals surface area contributed by atoms with Gasteiger partial charge in [-0.1, -0.05) is 0 Å². The average molecular weight is 273 g/mol. The first-order chi connectivity index (χ1) is 8.74. The summed E-state index contributed by atoms with van der Waals surface area (Å²) in [6, 6.07) is 2.19. The summed E-state index contributed by atoms with van der Waals surface area (Å²) in [7, 11) is 0. The van der Waals surface area contributed by atoms with Crippen LogP contribution in [0, 0.1) is 13.8 Å². The Morgan fingerprint density at radius 1 is 1.11 bits per heavy atom. The van der Waals surface area contributed by atoms with Crippen molar-refractivity contribution in [1.29, 1.82) is 0 Å². The predicted octanol–water partition coefficient (Wildman–Crippen LogP) is 3.95. The Kier molecular flexibility index (Phi) is 2.93. The summed E-state index contributed by atoms with van der Waals surface area (Å²) in [4.78, 5) is 15.6. The van der Waals surface area contributed by atoms with E-state index in [2.05, 4.69) is 40.2 Å². The lowest BCUT2D eigenvalue weighted by Gasteiger charge is -1.94. The van der Waals surface area contributed by atoms with Gasteiger partial charge < -0.3 is 0 Å². The summed E-state index contributed by atoms with van der Waals surface area (Å²) < 4.78 is 0. The number of thiazole rings is 1. The van der Waals surface area contributed by atoms with Gasteiger partial charge in [-0.25, -0.2) is 4.98 Å². The van der Waals surface area contributed by atoms with Crippen LogP contribution in [0.25, 0.3) is 22.0 Å². The molecule has 5 heteroatoms. The van der Waals surface area contributed by atoms with Crippen molar-refractivity contribution in [1.82, 2.24) is 15.0 Å². The van der Waals surface area contributed by atoms with Crippen LogP contribution in [0.1, 0.15) is 9.75 Å². The van der Waals surface area contributed by atoms with Gasteiger partial charge in [0.2, 0.25) is 0 Å². The number of rotatable bonds is 2. The SMILES string of the molecule is Cc1cc(-c2csc(-c3cnccn3)n2)c(C)s1. The number of thiophene rings is 1. The van der Waals surface area contributed by atoms with E-state index < -0.39 is 0 Å². The largest absolute Gasteiger partial charge is 0.261 e. The van der Waals surface area contributed by atoms with E-state index in [4.69, 9.17) is 0 Å². The second-order valence-corrected chi connectivity index (χ2v) is 6.27. The number of aromatic nitrogens is 3. The summed E-state index contributed by atoms with van der Waals surface area (Å²) in [6.45, 7) is 4.26. The predicted molar refractivity (Wildman–Crippen MR) is 75.9 cm³/mol. The van der Waals surface area contributed by atoms with E-state index in [1.807, 2.05) is 0 Å². The lowest BCUT2D eigenvalue weighted by atomic mass is 10.2. The van der Waals surface area contributed by atoms with Gasteiger partial charge in [0.25, 0.3) is 0 Å². The first-order valence-electron chi connectivity index (χ1n) is 5.53. The van der Waals surface area contributed by atoms with E-state index in [0.29, 0.717) is 0 Å². The highest BCUT2D eigenvalue weighted by atomic mass is 32.1. The number of nitrogens with zero attached hydrogens (tertiary/aromatic N) is 3. The number of aryl methyl sites for hydroxylation is 2. The van der Waals surface area contributed by atoms with Gasteiger partial charge in [-0.15, -0.1) is 22.7 Å². The minimum absolute atomic E-state index is 0.832. The third-order valence-corrected chi connectivity index (χ3v) is 4.43. The van der Waals surface area contributed by atoms with Crippen molar-refractivity contribution in [3.63, 3.8) is 0 Å². The Morgan fingerprint density at radius 2 is 2.00 bits per heavy atom. The fourth-order valence-electron chi connectivity index (χ4n) is 1.81. The van der Waals surface area contributed by atoms with E-state index in [1.165, 1.54) is 15.3 Å². The highest BCUT2D eigenvalue weighted by Gasteiger charge is 2.11. The molecule has 0 atom stereocenters. The van der Waals surface area contributed by atoms with Gasteiger partial charge in [-0.3, -0.25) is 9.97 Å². The quantitative estimate of drug-likeness (QED) is 0.709. The van der Waals surface area contributed by atoms with Gasteiger partial charge in [0, 0.05) is 33.1 Å². The summed E-state index contributed by atoms with van der Waals surface area (Å²) in [6.07, 6.45) is 5.11. The van der Waals surface area contributed by atoms with Crippen molar-refractivity contribution in [3.05, 3.63) is 39.8 Å². The smallest absolute Gasteiger partial charge is 0.144 e. The lowest BCUT2D eigenvalue weighted by molar-refractivity contribution is 1.19. The van der Waals surface area contributed by atoms with Crippen LogP contribution in [0.5, 0.6) is 0 Å². The first kappa shape index (κ1) is 11.5. The molecule has 0 bridgehead atoms. The molecule has 0 aliphatic rings. The zero-order valence-electron chi connectivity index (χ0n) is 10.0. The summed E-state index contributed by atoms with van der Waals surface area (Å²) in [5, 5.41) is 3.00. The molecule has 3 aromatic rings. The Balaban J connectivity index is 2.02. The van der Waals surface area contributed by atoms with Crippen molar-refractivity contribution in [3.8, 4) is 22.0 Å². The molecule has 0 amide bonds. The molecule has 3 heterocycles. The molecule has 3 aromatic heterocycles. The van der Waals surface area contributed by atoms with E-state index in [1.54, 1.807) is 41.3 Å². The second kappa shape index (κ2) is 4.59. The van der Waals surface area contributed by atoms with Gasteiger partial charge in [0.05, 0.1) is 11.9 Å². The number of hydrogen-bond donors (Lipinski definition) is 0. The lowest BCUT2D eigenvalue weighted by Crippen LogP contribution is -1.83. The Hall–Kier alpha value is -1.59. The first-order valence-corrected chi connectivity index (χ1v) is 7.23. The van der Waals surface area contributed by atoms with E-state index in [0.717, 1.165) is 16.4 Å². The molecule has 3 rings (SSSR count). The van der Waals surface area contributed by atoms with Crippen molar-refractivity contribution in [2.45, 2.75) is 13.8 Å². The van der Waals surface area contributed by atoms with Gasteiger partial charge >= 0.3 is 0 Å². The van der Waals surface area contributed by atoms with Crippen LogP contribution in [0.2, 0.25) is 0 Å². The Bertz CT molecular complexity index is 671. The topological polar surface area (TPSA) is 38.7 Å². The van der Waals surface area contributed by atoms with Crippen molar-refractivity contribution < 1.29 is 0 Å². The molecule has 3 nitrogen and oxygen atoms in total. The van der Waals surface area contributed by atoms with E-state index in [-0.39, 0.29) is 0 Å². The fourth-order valence-corrected chi connectivity index (χ4v) is 3.52. The monoisotopic (exact) mass is 273 g/mol. The second-order valence-electron chi connectivity index (χ2n) is 3.96. The van der Waals surface area contributed by atoms with Crippen LogP contribution in [-0.4, -0.2) is 15.0 Å². The zero-order valence-corrected chi connectivity index (χ0v) is 11.7. The maximum absolute atomic E-state index is 4.65. The molecule has 90 valence electrons. The van der Waals surface area contributed by atoms with Crippen LogP contribution < -0.4 is 0 Å².